The Hall–Kier alpha value is -1.55. The van der Waals surface area contributed by atoms with Crippen molar-refractivity contribution in [1.82, 2.24) is 15.1 Å². The molecule has 3 rings (SSSR count). The molecule has 0 spiro atoms. The monoisotopic (exact) mass is 231 g/mol. The Morgan fingerprint density at radius 3 is 2.94 bits per heavy atom. The van der Waals surface area contributed by atoms with Crippen LogP contribution in [0.15, 0.2) is 22.9 Å². The average Bonchev–Trinajstić information content (AvgIpc) is 2.95. The van der Waals surface area contributed by atoms with Crippen LogP contribution in [0.4, 0.5) is 0 Å². The quantitative estimate of drug-likeness (QED) is 0.877. The number of nitrogens with one attached hydrogen (secondary N) is 1. The Kier molecular flexibility index (Phi) is 2.52. The minimum Gasteiger partial charge on any atom is -0.467 e. The molecule has 0 amide bonds. The van der Waals surface area contributed by atoms with Gasteiger partial charge < -0.3 is 9.73 Å². The normalized spacial score (nSPS) is 15.4. The van der Waals surface area contributed by atoms with Crippen molar-refractivity contribution in [3.63, 3.8) is 0 Å². The lowest BCUT2D eigenvalue weighted by molar-refractivity contribution is 0.483. The van der Waals surface area contributed by atoms with E-state index in [9.17, 15) is 0 Å². The van der Waals surface area contributed by atoms with E-state index in [0.717, 1.165) is 23.4 Å². The maximum Gasteiger partial charge on any atom is 0.125 e. The first-order chi connectivity index (χ1) is 8.25. The van der Waals surface area contributed by atoms with Gasteiger partial charge in [0.2, 0.25) is 0 Å². The molecule has 2 aromatic heterocycles. The molecule has 2 heterocycles. The van der Waals surface area contributed by atoms with Gasteiger partial charge in [0.1, 0.15) is 5.76 Å². The first-order valence-electron chi connectivity index (χ1n) is 6.04. The molecule has 0 bridgehead atoms. The molecule has 1 fully saturated rings. The molecule has 0 saturated heterocycles. The second-order valence-electron chi connectivity index (χ2n) is 4.68. The molecule has 2 aromatic rings. The summed E-state index contributed by atoms with van der Waals surface area (Å²) in [6.45, 7) is 2.88. The Morgan fingerprint density at radius 2 is 2.29 bits per heavy atom. The van der Waals surface area contributed by atoms with E-state index in [1.54, 1.807) is 6.26 Å². The molecule has 1 saturated carbocycles. The number of rotatable bonds is 4. The standard InChI is InChI=1S/C13H17N3O/c1-9-12(7-15-16(9)2)11-5-6-17-13(11)8-14-10-3-4-10/h5-7,10,14H,3-4,8H2,1-2H3. The van der Waals surface area contributed by atoms with E-state index in [1.165, 1.54) is 18.5 Å². The van der Waals surface area contributed by atoms with Gasteiger partial charge in [-0.05, 0) is 25.8 Å². The van der Waals surface area contributed by atoms with E-state index >= 15 is 0 Å². The summed E-state index contributed by atoms with van der Waals surface area (Å²) in [5.74, 6) is 1.01. The van der Waals surface area contributed by atoms with E-state index < -0.39 is 0 Å². The molecule has 0 aliphatic heterocycles. The van der Waals surface area contributed by atoms with Crippen LogP contribution >= 0.6 is 0 Å². The molecular weight excluding hydrogens is 214 g/mol. The third kappa shape index (κ3) is 2.00. The van der Waals surface area contributed by atoms with Crippen molar-refractivity contribution >= 4 is 0 Å². The maximum absolute atomic E-state index is 5.56. The molecular formula is C13H17N3O. The highest BCUT2D eigenvalue weighted by Crippen LogP contribution is 2.28. The molecule has 0 radical (unpaired) electrons. The van der Waals surface area contributed by atoms with Gasteiger partial charge in [-0.1, -0.05) is 0 Å². The van der Waals surface area contributed by atoms with E-state index in [1.807, 2.05) is 24.0 Å². The number of furan rings is 1. The molecule has 4 heteroatoms. The first kappa shape index (κ1) is 10.6. The van der Waals surface area contributed by atoms with Gasteiger partial charge in [0.25, 0.3) is 0 Å². The van der Waals surface area contributed by atoms with Gasteiger partial charge in [0.05, 0.1) is 19.0 Å². The first-order valence-corrected chi connectivity index (χ1v) is 6.04. The number of hydrogen-bond donors (Lipinski definition) is 1. The highest BCUT2D eigenvalue weighted by atomic mass is 16.3. The molecule has 1 N–H and O–H groups in total. The summed E-state index contributed by atoms with van der Waals surface area (Å²) in [7, 11) is 1.96. The predicted molar refractivity (Wildman–Crippen MR) is 65.5 cm³/mol. The van der Waals surface area contributed by atoms with Crippen molar-refractivity contribution in [1.29, 1.82) is 0 Å². The van der Waals surface area contributed by atoms with Crippen molar-refractivity contribution in [2.24, 2.45) is 7.05 Å². The second-order valence-corrected chi connectivity index (χ2v) is 4.68. The highest BCUT2D eigenvalue weighted by Gasteiger charge is 2.22. The van der Waals surface area contributed by atoms with Gasteiger partial charge >= 0.3 is 0 Å². The smallest absolute Gasteiger partial charge is 0.125 e. The largest absolute Gasteiger partial charge is 0.467 e. The zero-order valence-electron chi connectivity index (χ0n) is 10.2. The fraction of sp³-hybridized carbons (Fsp3) is 0.462. The van der Waals surface area contributed by atoms with Crippen molar-refractivity contribution in [2.45, 2.75) is 32.4 Å². The molecule has 1 aliphatic rings. The van der Waals surface area contributed by atoms with Crippen LogP contribution in [0.25, 0.3) is 11.1 Å². The highest BCUT2D eigenvalue weighted by molar-refractivity contribution is 5.67. The summed E-state index contributed by atoms with van der Waals surface area (Å²) < 4.78 is 7.45. The molecule has 17 heavy (non-hydrogen) atoms. The van der Waals surface area contributed by atoms with Gasteiger partial charge in [-0.15, -0.1) is 0 Å². The second kappa shape index (κ2) is 4.04. The Bertz CT molecular complexity index is 523. The Morgan fingerprint density at radius 1 is 1.47 bits per heavy atom. The zero-order valence-corrected chi connectivity index (χ0v) is 10.2. The number of aromatic nitrogens is 2. The van der Waals surface area contributed by atoms with Crippen LogP contribution in [0.1, 0.15) is 24.3 Å². The summed E-state index contributed by atoms with van der Waals surface area (Å²) in [5, 5.41) is 7.75. The van der Waals surface area contributed by atoms with Gasteiger partial charge in [-0.2, -0.15) is 5.10 Å². The average molecular weight is 231 g/mol. The third-order valence-corrected chi connectivity index (χ3v) is 3.40. The molecule has 0 aromatic carbocycles. The van der Waals surface area contributed by atoms with Crippen molar-refractivity contribution < 1.29 is 4.42 Å². The third-order valence-electron chi connectivity index (χ3n) is 3.40. The van der Waals surface area contributed by atoms with Crippen molar-refractivity contribution in [3.05, 3.63) is 30.0 Å². The zero-order chi connectivity index (χ0) is 11.8. The lowest BCUT2D eigenvalue weighted by atomic mass is 10.1. The Labute approximate surface area is 101 Å². The van der Waals surface area contributed by atoms with Crippen LogP contribution < -0.4 is 5.32 Å². The van der Waals surface area contributed by atoms with Crippen molar-refractivity contribution in [3.8, 4) is 11.1 Å². The van der Waals surface area contributed by atoms with E-state index in [4.69, 9.17) is 4.42 Å². The summed E-state index contributed by atoms with van der Waals surface area (Å²) in [6, 6.07) is 2.72. The fourth-order valence-corrected chi connectivity index (χ4v) is 2.01. The lowest BCUT2D eigenvalue weighted by Crippen LogP contribution is -2.15. The van der Waals surface area contributed by atoms with Crippen LogP contribution in [0, 0.1) is 6.92 Å². The molecule has 1 aliphatic carbocycles. The summed E-state index contributed by atoms with van der Waals surface area (Å²) >= 11 is 0. The van der Waals surface area contributed by atoms with E-state index in [0.29, 0.717) is 6.04 Å². The van der Waals surface area contributed by atoms with Crippen molar-refractivity contribution in [2.75, 3.05) is 0 Å². The van der Waals surface area contributed by atoms with Crippen LogP contribution in [-0.2, 0) is 13.6 Å². The summed E-state index contributed by atoms with van der Waals surface area (Å²) in [4.78, 5) is 0. The molecule has 90 valence electrons. The van der Waals surface area contributed by atoms with Crippen LogP contribution in [-0.4, -0.2) is 15.8 Å². The van der Waals surface area contributed by atoms with E-state index in [-0.39, 0.29) is 0 Å². The number of hydrogen-bond acceptors (Lipinski definition) is 3. The van der Waals surface area contributed by atoms with Crippen LogP contribution in [0.5, 0.6) is 0 Å². The van der Waals surface area contributed by atoms with Crippen LogP contribution in [0.2, 0.25) is 0 Å². The summed E-state index contributed by atoms with van der Waals surface area (Å²) in [5.41, 5.74) is 3.48. The number of aryl methyl sites for hydroxylation is 1. The predicted octanol–water partition coefficient (Wildman–Crippen LogP) is 2.24. The SMILES string of the molecule is Cc1c(-c2ccoc2CNC2CC2)cnn1C. The summed E-state index contributed by atoms with van der Waals surface area (Å²) in [6.07, 6.45) is 6.25. The van der Waals surface area contributed by atoms with Gasteiger partial charge in [-0.3, -0.25) is 4.68 Å². The lowest BCUT2D eigenvalue weighted by Gasteiger charge is -2.03. The fourth-order valence-electron chi connectivity index (χ4n) is 2.01. The topological polar surface area (TPSA) is 43.0 Å². The molecule has 0 atom stereocenters. The number of nitrogens with zero attached hydrogens (tertiary/aromatic N) is 2. The van der Waals surface area contributed by atoms with Gasteiger partial charge in [-0.25, -0.2) is 0 Å². The van der Waals surface area contributed by atoms with Crippen LogP contribution in [0.3, 0.4) is 0 Å². The van der Waals surface area contributed by atoms with E-state index in [2.05, 4.69) is 17.3 Å². The van der Waals surface area contributed by atoms with Gasteiger partial charge in [0.15, 0.2) is 0 Å². The molecule has 0 unspecified atom stereocenters. The maximum atomic E-state index is 5.56. The van der Waals surface area contributed by atoms with Gasteiger partial charge in [0, 0.05) is 29.9 Å². The minimum atomic E-state index is 0.697. The minimum absolute atomic E-state index is 0.697. The molecule has 4 nitrogen and oxygen atoms in total. The Balaban J connectivity index is 1.86.